The summed E-state index contributed by atoms with van der Waals surface area (Å²) in [4.78, 5) is 26.9. The van der Waals surface area contributed by atoms with Gasteiger partial charge in [0.2, 0.25) is 0 Å². The number of nitrogens with one attached hydrogen (secondary N) is 1. The number of amides is 1. The van der Waals surface area contributed by atoms with Crippen LogP contribution in [0, 0.1) is 13.8 Å². The number of benzene rings is 1. The topological polar surface area (TPSA) is 67.3 Å². The molecule has 6 nitrogen and oxygen atoms in total. The highest BCUT2D eigenvalue weighted by molar-refractivity contribution is 7.20. The number of carbonyl (C=O) groups excluding carboxylic acids is 1. The maximum absolute atomic E-state index is 13.3. The fourth-order valence-electron chi connectivity index (χ4n) is 4.80. The normalized spacial score (nSPS) is 17.6. The molecular formula is C25H30N4O2S. The third-order valence-corrected chi connectivity index (χ3v) is 7.86. The minimum atomic E-state index is -0.0306. The lowest BCUT2D eigenvalue weighted by Gasteiger charge is -2.29. The average Bonchev–Trinajstić information content (AvgIpc) is 3.41. The molecule has 3 aromatic rings. The third kappa shape index (κ3) is 3.99. The van der Waals surface area contributed by atoms with Gasteiger partial charge in [-0.1, -0.05) is 18.2 Å². The summed E-state index contributed by atoms with van der Waals surface area (Å²) < 4.78 is 5.63. The van der Waals surface area contributed by atoms with E-state index in [-0.39, 0.29) is 11.9 Å². The number of para-hydroxylation sites is 1. The predicted molar refractivity (Wildman–Crippen MR) is 128 cm³/mol. The van der Waals surface area contributed by atoms with E-state index >= 15 is 0 Å². The highest BCUT2D eigenvalue weighted by Crippen LogP contribution is 2.40. The number of ether oxygens (including phenoxy) is 1. The molecule has 1 saturated carbocycles. The zero-order valence-electron chi connectivity index (χ0n) is 19.0. The Morgan fingerprint density at radius 2 is 1.97 bits per heavy atom. The second kappa shape index (κ2) is 8.79. The van der Waals surface area contributed by atoms with Gasteiger partial charge in [0.15, 0.2) is 0 Å². The second-order valence-corrected chi connectivity index (χ2v) is 9.89. The quantitative estimate of drug-likeness (QED) is 0.562. The van der Waals surface area contributed by atoms with Crippen LogP contribution in [0.1, 0.15) is 70.0 Å². The van der Waals surface area contributed by atoms with Crippen LogP contribution in [0.2, 0.25) is 0 Å². The van der Waals surface area contributed by atoms with Gasteiger partial charge in [0, 0.05) is 23.4 Å². The maximum atomic E-state index is 13.3. The van der Waals surface area contributed by atoms with Crippen molar-refractivity contribution in [2.45, 2.75) is 51.5 Å². The molecule has 1 aromatic carbocycles. The lowest BCUT2D eigenvalue weighted by atomic mass is 10.0. The predicted octanol–water partition coefficient (Wildman–Crippen LogP) is 4.76. The Kier molecular flexibility index (Phi) is 5.86. The largest absolute Gasteiger partial charge is 0.496 e. The molecule has 1 atom stereocenters. The number of rotatable bonds is 7. The highest BCUT2D eigenvalue weighted by atomic mass is 32.1. The molecule has 2 fully saturated rings. The molecule has 0 radical (unpaired) electrons. The molecule has 0 spiro atoms. The zero-order chi connectivity index (χ0) is 22.2. The summed E-state index contributed by atoms with van der Waals surface area (Å²) in [7, 11) is 1.71. The first-order valence-electron chi connectivity index (χ1n) is 11.5. The average molecular weight is 451 g/mol. The fourth-order valence-corrected chi connectivity index (χ4v) is 5.96. The summed E-state index contributed by atoms with van der Waals surface area (Å²) in [6.07, 6.45) is 4.72. The minimum Gasteiger partial charge on any atom is -0.496 e. The van der Waals surface area contributed by atoms with Crippen LogP contribution in [0.15, 0.2) is 24.3 Å². The Balaban J connectivity index is 1.40. The molecule has 5 rings (SSSR count). The Morgan fingerprint density at radius 1 is 1.22 bits per heavy atom. The number of hydrogen-bond donors (Lipinski definition) is 1. The number of fused-ring (bicyclic) bond motifs is 1. The van der Waals surface area contributed by atoms with Crippen molar-refractivity contribution in [2.75, 3.05) is 26.7 Å². The monoisotopic (exact) mass is 450 g/mol. The molecule has 2 aliphatic rings. The second-order valence-electron chi connectivity index (χ2n) is 8.89. The Bertz CT molecular complexity index is 1150. The molecule has 2 aromatic heterocycles. The van der Waals surface area contributed by atoms with Crippen molar-refractivity contribution in [2.24, 2.45) is 0 Å². The Morgan fingerprint density at radius 3 is 2.69 bits per heavy atom. The number of carbonyl (C=O) groups is 1. The number of thiophene rings is 1. The van der Waals surface area contributed by atoms with Crippen molar-refractivity contribution in [3.8, 4) is 5.75 Å². The van der Waals surface area contributed by atoms with E-state index in [2.05, 4.69) is 16.3 Å². The minimum absolute atomic E-state index is 0.0306. The number of nitrogens with zero attached hydrogens (tertiary/aromatic N) is 3. The number of methoxy groups -OCH3 is 1. The number of aromatic nitrogens is 2. The van der Waals surface area contributed by atoms with E-state index in [1.165, 1.54) is 37.0 Å². The van der Waals surface area contributed by atoms with Gasteiger partial charge >= 0.3 is 0 Å². The number of aryl methyl sites for hydroxylation is 2. The molecule has 168 valence electrons. The third-order valence-electron chi connectivity index (χ3n) is 6.67. The first-order chi connectivity index (χ1) is 15.6. The van der Waals surface area contributed by atoms with Gasteiger partial charge in [0.1, 0.15) is 16.4 Å². The van der Waals surface area contributed by atoms with Crippen LogP contribution < -0.4 is 10.1 Å². The van der Waals surface area contributed by atoms with Crippen molar-refractivity contribution in [1.82, 2.24) is 20.2 Å². The van der Waals surface area contributed by atoms with E-state index in [4.69, 9.17) is 14.7 Å². The maximum Gasteiger partial charge on any atom is 0.261 e. The number of likely N-dealkylation sites (tertiary alicyclic amines) is 1. The van der Waals surface area contributed by atoms with Crippen molar-refractivity contribution in [3.63, 3.8) is 0 Å². The molecular weight excluding hydrogens is 420 g/mol. The van der Waals surface area contributed by atoms with Gasteiger partial charge in [0.05, 0.1) is 23.7 Å². The van der Waals surface area contributed by atoms with Crippen LogP contribution in [-0.4, -0.2) is 47.5 Å². The summed E-state index contributed by atoms with van der Waals surface area (Å²) in [6, 6.07) is 8.22. The molecule has 1 amide bonds. The van der Waals surface area contributed by atoms with E-state index in [1.807, 2.05) is 32.0 Å². The molecule has 1 aliphatic carbocycles. The van der Waals surface area contributed by atoms with Crippen LogP contribution in [0.5, 0.6) is 5.75 Å². The van der Waals surface area contributed by atoms with E-state index in [0.29, 0.717) is 12.5 Å². The van der Waals surface area contributed by atoms with Crippen LogP contribution in [0.3, 0.4) is 0 Å². The highest BCUT2D eigenvalue weighted by Gasteiger charge is 2.29. The van der Waals surface area contributed by atoms with Gasteiger partial charge in [-0.3, -0.25) is 9.69 Å². The van der Waals surface area contributed by atoms with Crippen LogP contribution in [-0.2, 0) is 0 Å². The Hall–Kier alpha value is -2.51. The summed E-state index contributed by atoms with van der Waals surface area (Å²) in [5, 5.41) is 4.26. The summed E-state index contributed by atoms with van der Waals surface area (Å²) in [6.45, 7) is 6.67. The van der Waals surface area contributed by atoms with Crippen molar-refractivity contribution < 1.29 is 9.53 Å². The SMILES string of the molecule is COc1ccccc1C(CNC(=O)c1sc2nc(C3CC3)nc(C)c2c1C)N1CCCC1. The van der Waals surface area contributed by atoms with E-state index in [1.54, 1.807) is 7.11 Å². The number of hydrogen-bond acceptors (Lipinski definition) is 6. The van der Waals surface area contributed by atoms with E-state index in [9.17, 15) is 4.79 Å². The van der Waals surface area contributed by atoms with Crippen LogP contribution in [0.4, 0.5) is 0 Å². The smallest absolute Gasteiger partial charge is 0.261 e. The van der Waals surface area contributed by atoms with Gasteiger partial charge < -0.3 is 10.1 Å². The van der Waals surface area contributed by atoms with Gasteiger partial charge in [-0.2, -0.15) is 0 Å². The summed E-state index contributed by atoms with van der Waals surface area (Å²) in [5.74, 6) is 2.28. The standard InChI is InChI=1S/C25H30N4O2S/c1-15-21-16(2)27-23(17-10-11-17)28-25(21)32-22(15)24(30)26-14-19(29-12-6-7-13-29)18-8-4-5-9-20(18)31-3/h4-5,8-9,17,19H,6-7,10-14H2,1-3H3,(H,26,30). The van der Waals surface area contributed by atoms with Crippen molar-refractivity contribution in [1.29, 1.82) is 0 Å². The molecule has 0 bridgehead atoms. The first-order valence-corrected chi connectivity index (χ1v) is 12.3. The van der Waals surface area contributed by atoms with Crippen LogP contribution >= 0.6 is 11.3 Å². The molecule has 1 N–H and O–H groups in total. The van der Waals surface area contributed by atoms with Gasteiger partial charge in [-0.15, -0.1) is 11.3 Å². The van der Waals surface area contributed by atoms with E-state index in [0.717, 1.165) is 56.6 Å². The lowest BCUT2D eigenvalue weighted by Crippen LogP contribution is -2.37. The molecule has 1 unspecified atom stereocenters. The molecule has 7 heteroatoms. The zero-order valence-corrected chi connectivity index (χ0v) is 19.8. The summed E-state index contributed by atoms with van der Waals surface area (Å²) in [5.41, 5.74) is 3.09. The molecule has 32 heavy (non-hydrogen) atoms. The van der Waals surface area contributed by atoms with Crippen molar-refractivity contribution in [3.05, 3.63) is 51.8 Å². The van der Waals surface area contributed by atoms with Crippen molar-refractivity contribution >= 4 is 27.5 Å². The fraction of sp³-hybridized carbons (Fsp3) is 0.480. The molecule has 3 heterocycles. The molecule has 1 aliphatic heterocycles. The summed E-state index contributed by atoms with van der Waals surface area (Å²) >= 11 is 1.49. The van der Waals surface area contributed by atoms with Crippen LogP contribution in [0.25, 0.3) is 10.2 Å². The van der Waals surface area contributed by atoms with Gasteiger partial charge in [-0.25, -0.2) is 9.97 Å². The first kappa shape index (κ1) is 21.3. The van der Waals surface area contributed by atoms with E-state index < -0.39 is 0 Å². The Labute approximate surface area is 193 Å². The van der Waals surface area contributed by atoms with Gasteiger partial charge in [-0.05, 0) is 64.3 Å². The van der Waals surface area contributed by atoms with Gasteiger partial charge in [0.25, 0.3) is 5.91 Å². The molecule has 1 saturated heterocycles. The lowest BCUT2D eigenvalue weighted by molar-refractivity contribution is 0.0941.